The lowest BCUT2D eigenvalue weighted by Crippen LogP contribution is -1.91. The highest BCUT2D eigenvalue weighted by Crippen LogP contribution is 2.29. The van der Waals surface area contributed by atoms with Crippen LogP contribution in [0, 0.1) is 10.5 Å². The van der Waals surface area contributed by atoms with E-state index < -0.39 is 0 Å². The van der Waals surface area contributed by atoms with E-state index in [-0.39, 0.29) is 0 Å². The summed E-state index contributed by atoms with van der Waals surface area (Å²) in [5, 5.41) is 2.14. The average Bonchev–Trinajstić information content (AvgIpc) is 2.42. The first-order valence-corrected chi connectivity index (χ1v) is 7.14. The largest absolute Gasteiger partial charge is 0.383 e. The number of nitrogens with two attached hydrogens (primary N) is 1. The SMILES string of the molecule is Cc1ccc(I)cc1-c1ccc2ccnc(N)c2c1. The lowest BCUT2D eigenvalue weighted by Gasteiger charge is -2.09. The first kappa shape index (κ1) is 12.4. The van der Waals surface area contributed by atoms with Gasteiger partial charge >= 0.3 is 0 Å². The number of hydrogen-bond donors (Lipinski definition) is 1. The summed E-state index contributed by atoms with van der Waals surface area (Å²) in [6.07, 6.45) is 1.74. The van der Waals surface area contributed by atoms with Crippen molar-refractivity contribution in [3.63, 3.8) is 0 Å². The Balaban J connectivity index is 2.26. The molecule has 2 nitrogen and oxygen atoms in total. The predicted octanol–water partition coefficient (Wildman–Crippen LogP) is 4.40. The highest BCUT2D eigenvalue weighted by Gasteiger charge is 2.05. The molecule has 0 aliphatic heterocycles. The van der Waals surface area contributed by atoms with Crippen LogP contribution in [-0.4, -0.2) is 4.98 Å². The van der Waals surface area contributed by atoms with Crippen LogP contribution in [0.3, 0.4) is 0 Å². The molecule has 0 aliphatic rings. The standard InChI is InChI=1S/C16H13IN2/c1-10-2-5-13(17)9-14(10)12-4-3-11-6-7-19-16(18)15(11)8-12/h2-9H,1H3,(H2,18,19). The van der Waals surface area contributed by atoms with Gasteiger partial charge in [0.25, 0.3) is 0 Å². The molecule has 0 unspecified atom stereocenters. The summed E-state index contributed by atoms with van der Waals surface area (Å²) in [5.74, 6) is 0.586. The number of pyridine rings is 1. The Bertz CT molecular complexity index is 766. The van der Waals surface area contributed by atoms with E-state index in [1.165, 1.54) is 20.3 Å². The fourth-order valence-electron chi connectivity index (χ4n) is 2.26. The molecule has 0 fully saturated rings. The Hall–Kier alpha value is -1.62. The smallest absolute Gasteiger partial charge is 0.131 e. The van der Waals surface area contributed by atoms with Crippen molar-refractivity contribution in [3.05, 3.63) is 57.8 Å². The van der Waals surface area contributed by atoms with Gasteiger partial charge in [0, 0.05) is 15.2 Å². The Kier molecular flexibility index (Phi) is 3.14. The second-order valence-corrected chi connectivity index (χ2v) is 5.84. The molecule has 1 aromatic heterocycles. The molecule has 3 heteroatoms. The Morgan fingerprint density at radius 2 is 1.89 bits per heavy atom. The third-order valence-electron chi connectivity index (χ3n) is 3.31. The van der Waals surface area contributed by atoms with Crippen LogP contribution in [-0.2, 0) is 0 Å². The van der Waals surface area contributed by atoms with Gasteiger partial charge in [-0.25, -0.2) is 4.98 Å². The number of anilines is 1. The third-order valence-corrected chi connectivity index (χ3v) is 3.98. The summed E-state index contributed by atoms with van der Waals surface area (Å²) in [5.41, 5.74) is 9.66. The van der Waals surface area contributed by atoms with Gasteiger partial charge in [-0.1, -0.05) is 18.2 Å². The molecular formula is C16H13IN2. The van der Waals surface area contributed by atoms with Crippen molar-refractivity contribution in [1.29, 1.82) is 0 Å². The minimum absolute atomic E-state index is 0.586. The number of rotatable bonds is 1. The summed E-state index contributed by atoms with van der Waals surface area (Å²) >= 11 is 2.34. The van der Waals surface area contributed by atoms with Gasteiger partial charge in [0.05, 0.1) is 0 Å². The van der Waals surface area contributed by atoms with Gasteiger partial charge in [0.15, 0.2) is 0 Å². The zero-order valence-electron chi connectivity index (χ0n) is 10.5. The summed E-state index contributed by atoms with van der Waals surface area (Å²) in [4.78, 5) is 4.16. The van der Waals surface area contributed by atoms with E-state index in [0.29, 0.717) is 5.82 Å². The molecule has 0 atom stereocenters. The van der Waals surface area contributed by atoms with Gasteiger partial charge < -0.3 is 5.73 Å². The Morgan fingerprint density at radius 1 is 1.05 bits per heavy atom. The molecule has 0 amide bonds. The fourth-order valence-corrected chi connectivity index (χ4v) is 2.75. The van der Waals surface area contributed by atoms with E-state index in [2.05, 4.69) is 70.9 Å². The van der Waals surface area contributed by atoms with Crippen molar-refractivity contribution >= 4 is 39.2 Å². The number of fused-ring (bicyclic) bond motifs is 1. The van der Waals surface area contributed by atoms with Crippen LogP contribution in [0.4, 0.5) is 5.82 Å². The molecule has 3 rings (SSSR count). The van der Waals surface area contributed by atoms with Gasteiger partial charge in [-0.2, -0.15) is 0 Å². The van der Waals surface area contributed by atoms with Gasteiger partial charge in [-0.05, 0) is 75.9 Å². The van der Waals surface area contributed by atoms with Crippen molar-refractivity contribution in [3.8, 4) is 11.1 Å². The van der Waals surface area contributed by atoms with Crippen LogP contribution in [0.5, 0.6) is 0 Å². The molecule has 0 radical (unpaired) electrons. The highest BCUT2D eigenvalue weighted by atomic mass is 127. The van der Waals surface area contributed by atoms with Crippen molar-refractivity contribution in [1.82, 2.24) is 4.98 Å². The van der Waals surface area contributed by atoms with Crippen LogP contribution < -0.4 is 5.73 Å². The number of halogens is 1. The van der Waals surface area contributed by atoms with E-state index in [4.69, 9.17) is 5.73 Å². The molecule has 0 spiro atoms. The highest BCUT2D eigenvalue weighted by molar-refractivity contribution is 14.1. The van der Waals surface area contributed by atoms with Crippen LogP contribution >= 0.6 is 22.6 Å². The zero-order valence-corrected chi connectivity index (χ0v) is 12.7. The number of aryl methyl sites for hydroxylation is 1. The summed E-state index contributed by atoms with van der Waals surface area (Å²) in [6.45, 7) is 2.13. The maximum absolute atomic E-state index is 5.96. The number of hydrogen-bond acceptors (Lipinski definition) is 2. The lowest BCUT2D eigenvalue weighted by atomic mass is 9.98. The lowest BCUT2D eigenvalue weighted by molar-refractivity contribution is 1.37. The molecule has 94 valence electrons. The van der Waals surface area contributed by atoms with Crippen molar-refractivity contribution in [2.24, 2.45) is 0 Å². The van der Waals surface area contributed by atoms with Gasteiger partial charge in [-0.15, -0.1) is 0 Å². The van der Waals surface area contributed by atoms with Crippen LogP contribution in [0.25, 0.3) is 21.9 Å². The number of nitrogen functional groups attached to an aromatic ring is 1. The van der Waals surface area contributed by atoms with E-state index in [0.717, 1.165) is 10.8 Å². The zero-order chi connectivity index (χ0) is 13.4. The van der Waals surface area contributed by atoms with Gasteiger partial charge in [-0.3, -0.25) is 0 Å². The average molecular weight is 360 g/mol. The van der Waals surface area contributed by atoms with Crippen LogP contribution in [0.15, 0.2) is 48.7 Å². The minimum Gasteiger partial charge on any atom is -0.383 e. The predicted molar refractivity (Wildman–Crippen MR) is 89.0 cm³/mol. The van der Waals surface area contributed by atoms with E-state index in [1.807, 2.05) is 6.07 Å². The molecule has 0 saturated carbocycles. The summed E-state index contributed by atoms with van der Waals surface area (Å²) in [7, 11) is 0. The maximum Gasteiger partial charge on any atom is 0.131 e. The second-order valence-electron chi connectivity index (χ2n) is 4.59. The molecule has 0 bridgehead atoms. The second kappa shape index (κ2) is 4.81. The molecule has 0 aliphatic carbocycles. The molecule has 1 heterocycles. The monoisotopic (exact) mass is 360 g/mol. The van der Waals surface area contributed by atoms with E-state index >= 15 is 0 Å². The summed E-state index contributed by atoms with van der Waals surface area (Å²) in [6, 6.07) is 14.8. The first-order chi connectivity index (χ1) is 9.15. The molecule has 2 N–H and O–H groups in total. The van der Waals surface area contributed by atoms with E-state index in [1.54, 1.807) is 6.20 Å². The summed E-state index contributed by atoms with van der Waals surface area (Å²) < 4.78 is 1.23. The molecule has 19 heavy (non-hydrogen) atoms. The molecule has 2 aromatic carbocycles. The Morgan fingerprint density at radius 3 is 2.74 bits per heavy atom. The quantitative estimate of drug-likeness (QED) is 0.654. The van der Waals surface area contributed by atoms with Crippen molar-refractivity contribution < 1.29 is 0 Å². The van der Waals surface area contributed by atoms with Crippen LogP contribution in [0.2, 0.25) is 0 Å². The van der Waals surface area contributed by atoms with Gasteiger partial charge in [0.2, 0.25) is 0 Å². The number of benzene rings is 2. The van der Waals surface area contributed by atoms with Gasteiger partial charge in [0.1, 0.15) is 5.82 Å². The topological polar surface area (TPSA) is 38.9 Å². The third kappa shape index (κ3) is 2.30. The number of nitrogens with zero attached hydrogens (tertiary/aromatic N) is 1. The van der Waals surface area contributed by atoms with Crippen molar-refractivity contribution in [2.75, 3.05) is 5.73 Å². The Labute approximate surface area is 125 Å². The first-order valence-electron chi connectivity index (χ1n) is 6.06. The maximum atomic E-state index is 5.96. The minimum atomic E-state index is 0.586. The van der Waals surface area contributed by atoms with Crippen LogP contribution in [0.1, 0.15) is 5.56 Å². The fraction of sp³-hybridized carbons (Fsp3) is 0.0625. The molecular weight excluding hydrogens is 347 g/mol. The van der Waals surface area contributed by atoms with Crippen molar-refractivity contribution in [2.45, 2.75) is 6.92 Å². The molecule has 0 saturated heterocycles. The number of aromatic nitrogens is 1. The van der Waals surface area contributed by atoms with E-state index in [9.17, 15) is 0 Å². The molecule has 3 aromatic rings. The normalized spacial score (nSPS) is 10.8.